The van der Waals surface area contributed by atoms with Crippen molar-refractivity contribution in [3.05, 3.63) is 0 Å². The Hall–Kier alpha value is -0.640. The molecule has 2 saturated carbocycles. The van der Waals surface area contributed by atoms with Crippen molar-refractivity contribution in [2.24, 2.45) is 23.7 Å². The molecular formula is C15H22FNO2. The SMILES string of the molecule is O=C(C[C@H]1CCCO1)N1CC2[C@H](C1)[C@@H]1C[C@@H](F)[C@H]2C1. The summed E-state index contributed by atoms with van der Waals surface area (Å²) in [4.78, 5) is 14.3. The van der Waals surface area contributed by atoms with E-state index in [2.05, 4.69) is 0 Å². The molecular weight excluding hydrogens is 245 g/mol. The first kappa shape index (κ1) is 12.1. The van der Waals surface area contributed by atoms with Crippen molar-refractivity contribution in [1.29, 1.82) is 0 Å². The van der Waals surface area contributed by atoms with Crippen molar-refractivity contribution in [3.8, 4) is 0 Å². The number of fused-ring (bicyclic) bond motifs is 5. The highest BCUT2D eigenvalue weighted by Crippen LogP contribution is 2.56. The molecule has 106 valence electrons. The van der Waals surface area contributed by atoms with E-state index in [4.69, 9.17) is 4.74 Å². The second-order valence-corrected chi connectivity index (χ2v) is 6.88. The Morgan fingerprint density at radius 2 is 2.05 bits per heavy atom. The van der Waals surface area contributed by atoms with Gasteiger partial charge >= 0.3 is 0 Å². The number of carbonyl (C=O) groups excluding carboxylic acids is 1. The van der Waals surface area contributed by atoms with Crippen LogP contribution >= 0.6 is 0 Å². The average Bonchev–Trinajstić information content (AvgIpc) is 3.08. The van der Waals surface area contributed by atoms with Gasteiger partial charge in [0, 0.05) is 19.7 Å². The second kappa shape index (κ2) is 4.44. The van der Waals surface area contributed by atoms with Crippen LogP contribution in [0.5, 0.6) is 0 Å². The summed E-state index contributed by atoms with van der Waals surface area (Å²) in [5, 5.41) is 0. The zero-order chi connectivity index (χ0) is 13.0. The summed E-state index contributed by atoms with van der Waals surface area (Å²) in [5.41, 5.74) is 0. The van der Waals surface area contributed by atoms with Crippen LogP contribution in [0, 0.1) is 23.7 Å². The second-order valence-electron chi connectivity index (χ2n) is 6.88. The van der Waals surface area contributed by atoms with Crippen LogP contribution in [0.25, 0.3) is 0 Å². The number of likely N-dealkylation sites (tertiary alicyclic amines) is 1. The molecule has 2 saturated heterocycles. The number of hydrogen-bond donors (Lipinski definition) is 0. The molecule has 2 aliphatic heterocycles. The number of hydrogen-bond acceptors (Lipinski definition) is 2. The fraction of sp³-hybridized carbons (Fsp3) is 0.933. The zero-order valence-corrected chi connectivity index (χ0v) is 11.3. The van der Waals surface area contributed by atoms with Gasteiger partial charge in [-0.2, -0.15) is 0 Å². The molecule has 0 N–H and O–H groups in total. The minimum absolute atomic E-state index is 0.138. The Kier molecular flexibility index (Phi) is 2.83. The summed E-state index contributed by atoms with van der Waals surface area (Å²) in [7, 11) is 0. The summed E-state index contributed by atoms with van der Waals surface area (Å²) in [6, 6.07) is 0. The monoisotopic (exact) mass is 267 g/mol. The maximum absolute atomic E-state index is 13.8. The highest BCUT2D eigenvalue weighted by Gasteiger charge is 2.56. The first-order valence-corrected chi connectivity index (χ1v) is 7.76. The standard InChI is InChI=1S/C15H22FNO2/c16-14-5-9-4-11(14)13-8-17(7-12(9)13)15(18)6-10-2-1-3-19-10/h9-14H,1-8H2/t9-,10+,11-,12+,13?,14+/m0/s1. The van der Waals surface area contributed by atoms with Crippen LogP contribution in [0.15, 0.2) is 0 Å². The van der Waals surface area contributed by atoms with Crippen molar-refractivity contribution in [2.75, 3.05) is 19.7 Å². The summed E-state index contributed by atoms with van der Waals surface area (Å²) >= 11 is 0. The van der Waals surface area contributed by atoms with Crippen LogP contribution in [0.1, 0.15) is 32.1 Å². The van der Waals surface area contributed by atoms with Gasteiger partial charge in [-0.1, -0.05) is 0 Å². The lowest BCUT2D eigenvalue weighted by Gasteiger charge is -2.25. The summed E-state index contributed by atoms with van der Waals surface area (Å²) in [5.74, 6) is 2.06. The fourth-order valence-electron chi connectivity index (χ4n) is 4.99. The Balaban J connectivity index is 1.38. The minimum atomic E-state index is -0.598. The predicted molar refractivity (Wildman–Crippen MR) is 68.3 cm³/mol. The summed E-state index contributed by atoms with van der Waals surface area (Å²) in [6.07, 6.45) is 4.00. The molecule has 4 fully saturated rings. The highest BCUT2D eigenvalue weighted by atomic mass is 19.1. The van der Waals surface area contributed by atoms with Crippen molar-refractivity contribution in [2.45, 2.75) is 44.4 Å². The van der Waals surface area contributed by atoms with E-state index in [1.807, 2.05) is 4.90 Å². The molecule has 2 aliphatic carbocycles. The number of rotatable bonds is 2. The molecule has 1 amide bonds. The molecule has 0 aromatic heterocycles. The van der Waals surface area contributed by atoms with Crippen LogP contribution < -0.4 is 0 Å². The molecule has 3 nitrogen and oxygen atoms in total. The maximum Gasteiger partial charge on any atom is 0.225 e. The van der Waals surface area contributed by atoms with E-state index < -0.39 is 6.17 Å². The normalized spacial score (nSPS) is 47.9. The smallest absolute Gasteiger partial charge is 0.225 e. The summed E-state index contributed by atoms with van der Waals surface area (Å²) in [6.45, 7) is 2.48. The number of ether oxygens (including phenoxy) is 1. The quantitative estimate of drug-likeness (QED) is 0.766. The van der Waals surface area contributed by atoms with Gasteiger partial charge in [0.05, 0.1) is 12.5 Å². The summed E-state index contributed by atoms with van der Waals surface area (Å²) < 4.78 is 19.3. The maximum atomic E-state index is 13.8. The van der Waals surface area contributed by atoms with Crippen LogP contribution in [-0.4, -0.2) is 42.8 Å². The van der Waals surface area contributed by atoms with Gasteiger partial charge in [-0.25, -0.2) is 4.39 Å². The minimum Gasteiger partial charge on any atom is -0.378 e. The number of amides is 1. The van der Waals surface area contributed by atoms with Crippen molar-refractivity contribution >= 4 is 5.91 Å². The zero-order valence-electron chi connectivity index (χ0n) is 11.3. The van der Waals surface area contributed by atoms with Gasteiger partial charge in [-0.15, -0.1) is 0 Å². The lowest BCUT2D eigenvalue weighted by molar-refractivity contribution is -0.132. The number of alkyl halides is 1. The van der Waals surface area contributed by atoms with E-state index >= 15 is 0 Å². The molecule has 2 heterocycles. The van der Waals surface area contributed by atoms with E-state index in [-0.39, 0.29) is 17.9 Å². The average molecular weight is 267 g/mol. The number of halogens is 1. The first-order valence-electron chi connectivity index (χ1n) is 7.76. The molecule has 4 rings (SSSR count). The van der Waals surface area contributed by atoms with Crippen molar-refractivity contribution < 1.29 is 13.9 Å². The van der Waals surface area contributed by atoms with Gasteiger partial charge in [0.15, 0.2) is 0 Å². The third-order valence-corrected chi connectivity index (χ3v) is 5.91. The van der Waals surface area contributed by atoms with E-state index in [1.165, 1.54) is 0 Å². The van der Waals surface area contributed by atoms with Crippen LogP contribution in [0.2, 0.25) is 0 Å². The molecule has 0 aromatic carbocycles. The lowest BCUT2D eigenvalue weighted by atomic mass is 9.81. The fourth-order valence-corrected chi connectivity index (χ4v) is 4.99. The van der Waals surface area contributed by atoms with Gasteiger partial charge < -0.3 is 9.64 Å². The van der Waals surface area contributed by atoms with E-state index in [0.29, 0.717) is 24.2 Å². The largest absolute Gasteiger partial charge is 0.378 e. The molecule has 4 heteroatoms. The predicted octanol–water partition coefficient (Wildman–Crippen LogP) is 2.01. The van der Waals surface area contributed by atoms with Crippen LogP contribution in [0.3, 0.4) is 0 Å². The van der Waals surface area contributed by atoms with Crippen molar-refractivity contribution in [3.63, 3.8) is 0 Å². The van der Waals surface area contributed by atoms with Gasteiger partial charge in [0.1, 0.15) is 6.17 Å². The third kappa shape index (κ3) is 1.91. The van der Waals surface area contributed by atoms with E-state index in [9.17, 15) is 9.18 Å². The Morgan fingerprint density at radius 1 is 1.21 bits per heavy atom. The highest BCUT2D eigenvalue weighted by molar-refractivity contribution is 5.77. The molecule has 1 unspecified atom stereocenters. The van der Waals surface area contributed by atoms with Gasteiger partial charge in [-0.05, 0) is 49.4 Å². The molecule has 6 atom stereocenters. The molecule has 4 aliphatic rings. The van der Waals surface area contributed by atoms with Gasteiger partial charge in [0.2, 0.25) is 5.91 Å². The Labute approximate surface area is 113 Å². The molecule has 2 bridgehead atoms. The Morgan fingerprint density at radius 3 is 2.84 bits per heavy atom. The van der Waals surface area contributed by atoms with Gasteiger partial charge in [-0.3, -0.25) is 4.79 Å². The van der Waals surface area contributed by atoms with Crippen LogP contribution in [-0.2, 0) is 9.53 Å². The third-order valence-electron chi connectivity index (χ3n) is 5.91. The first-order chi connectivity index (χ1) is 9.22. The van der Waals surface area contributed by atoms with Crippen LogP contribution in [0.4, 0.5) is 4.39 Å². The Bertz CT molecular complexity index is 382. The van der Waals surface area contributed by atoms with Crippen molar-refractivity contribution in [1.82, 2.24) is 4.90 Å². The van der Waals surface area contributed by atoms with Gasteiger partial charge in [0.25, 0.3) is 0 Å². The van der Waals surface area contributed by atoms with E-state index in [0.717, 1.165) is 45.4 Å². The topological polar surface area (TPSA) is 29.5 Å². The molecule has 0 radical (unpaired) electrons. The van der Waals surface area contributed by atoms with E-state index in [1.54, 1.807) is 0 Å². The number of nitrogens with zero attached hydrogens (tertiary/aromatic N) is 1. The lowest BCUT2D eigenvalue weighted by Crippen LogP contribution is -2.32. The molecule has 0 spiro atoms. The molecule has 0 aromatic rings. The molecule has 19 heavy (non-hydrogen) atoms. The number of carbonyl (C=O) groups is 1.